The number of ketones is 2. The van der Waals surface area contributed by atoms with Gasteiger partial charge < -0.3 is 20.3 Å². The van der Waals surface area contributed by atoms with Crippen molar-refractivity contribution in [1.82, 2.24) is 5.32 Å². The summed E-state index contributed by atoms with van der Waals surface area (Å²) in [6, 6.07) is 0. The van der Waals surface area contributed by atoms with Crippen LogP contribution >= 0.6 is 0 Å². The Morgan fingerprint density at radius 1 is 1.05 bits per heavy atom. The lowest BCUT2D eigenvalue weighted by atomic mass is 9.41. The van der Waals surface area contributed by atoms with E-state index in [9.17, 15) is 24.6 Å². The molecule has 8 aliphatic carbocycles. The first-order valence-corrected chi connectivity index (χ1v) is 15.7. The van der Waals surface area contributed by atoms with E-state index in [1.807, 2.05) is 13.0 Å². The minimum absolute atomic E-state index is 0.0796. The summed E-state index contributed by atoms with van der Waals surface area (Å²) >= 11 is 0. The van der Waals surface area contributed by atoms with E-state index in [0.717, 1.165) is 19.3 Å². The number of allylic oxidation sites excluding steroid dienone is 4. The van der Waals surface area contributed by atoms with Crippen molar-refractivity contribution in [2.45, 2.75) is 108 Å². The molecule has 3 N–H and O–H groups in total. The Morgan fingerprint density at radius 2 is 1.68 bits per heavy atom. The minimum Gasteiger partial charge on any atom is -0.432 e. The molecular formula is C33H44FNO6. The number of rotatable bonds is 3. The second kappa shape index (κ2) is 8.75. The Kier molecular flexibility index (Phi) is 5.92. The maximum absolute atomic E-state index is 17.4. The number of aliphatic hydroxyl groups is 2. The van der Waals surface area contributed by atoms with Gasteiger partial charge in [-0.05, 0) is 94.5 Å². The summed E-state index contributed by atoms with van der Waals surface area (Å²) in [5.41, 5.74) is -5.75. The monoisotopic (exact) mass is 569 g/mol. The number of alkyl carbamates (subject to hydrolysis) is 1. The van der Waals surface area contributed by atoms with Gasteiger partial charge in [-0.25, -0.2) is 9.18 Å². The summed E-state index contributed by atoms with van der Waals surface area (Å²) in [5.74, 6) is -0.260. The Balaban J connectivity index is 1.17. The van der Waals surface area contributed by atoms with E-state index < -0.39 is 64.4 Å². The van der Waals surface area contributed by atoms with Crippen LogP contribution in [0.1, 0.15) is 85.0 Å². The highest BCUT2D eigenvalue weighted by molar-refractivity contribution is 5.96. The highest BCUT2D eigenvalue weighted by Crippen LogP contribution is 2.67. The van der Waals surface area contributed by atoms with Crippen molar-refractivity contribution in [3.8, 4) is 0 Å². The summed E-state index contributed by atoms with van der Waals surface area (Å²) < 4.78 is 23.5. The van der Waals surface area contributed by atoms with E-state index >= 15 is 4.39 Å². The van der Waals surface area contributed by atoms with Gasteiger partial charge in [0.25, 0.3) is 0 Å². The lowest BCUT2D eigenvalue weighted by Crippen LogP contribution is -2.73. The Morgan fingerprint density at radius 3 is 2.29 bits per heavy atom. The fourth-order valence-electron chi connectivity index (χ4n) is 11.5. The highest BCUT2D eigenvalue weighted by atomic mass is 19.1. The first-order chi connectivity index (χ1) is 19.3. The molecule has 41 heavy (non-hydrogen) atoms. The molecule has 2 unspecified atom stereocenters. The van der Waals surface area contributed by atoms with Gasteiger partial charge in [0.1, 0.15) is 0 Å². The Bertz CT molecular complexity index is 1220. The second-order valence-electron chi connectivity index (χ2n) is 15.5. The highest BCUT2D eigenvalue weighted by Gasteiger charge is 2.73. The first kappa shape index (κ1) is 27.8. The molecule has 1 amide bonds. The Hall–Kier alpha value is -2.06. The van der Waals surface area contributed by atoms with Crippen molar-refractivity contribution in [1.29, 1.82) is 0 Å². The molecule has 0 radical (unpaired) electrons. The number of carbonyl (C=O) groups is 3. The summed E-state index contributed by atoms with van der Waals surface area (Å²) in [6.07, 6.45) is 10.0. The number of amides is 1. The van der Waals surface area contributed by atoms with E-state index in [2.05, 4.69) is 5.32 Å². The van der Waals surface area contributed by atoms with Crippen molar-refractivity contribution in [3.05, 3.63) is 23.8 Å². The molecule has 8 heteroatoms. The van der Waals surface area contributed by atoms with Gasteiger partial charge in [-0.15, -0.1) is 0 Å². The lowest BCUT2D eigenvalue weighted by Gasteiger charge is -2.64. The van der Waals surface area contributed by atoms with E-state index in [-0.39, 0.29) is 24.2 Å². The molecule has 0 saturated heterocycles. The molecule has 7 nitrogen and oxygen atoms in total. The summed E-state index contributed by atoms with van der Waals surface area (Å²) in [6.45, 7) is 4.66. The van der Waals surface area contributed by atoms with Crippen LogP contribution in [0.5, 0.6) is 0 Å². The third-order valence-corrected chi connectivity index (χ3v) is 13.2. The molecule has 0 aromatic heterocycles. The van der Waals surface area contributed by atoms with Gasteiger partial charge in [0, 0.05) is 34.6 Å². The van der Waals surface area contributed by atoms with Crippen molar-refractivity contribution < 1.29 is 33.7 Å². The van der Waals surface area contributed by atoms with Gasteiger partial charge in [0.05, 0.1) is 12.7 Å². The van der Waals surface area contributed by atoms with Gasteiger partial charge >= 0.3 is 6.09 Å². The third-order valence-electron chi connectivity index (χ3n) is 13.2. The third kappa shape index (κ3) is 3.58. The normalized spacial score (nSPS) is 53.2. The number of carbonyl (C=O) groups excluding carboxylic acids is 3. The Labute approximate surface area is 241 Å². The van der Waals surface area contributed by atoms with Crippen LogP contribution in [0.2, 0.25) is 0 Å². The molecule has 0 spiro atoms. The van der Waals surface area contributed by atoms with Crippen LogP contribution in [0, 0.1) is 46.3 Å². The molecule has 0 aromatic carbocycles. The standard InChI is InChI=1S/C33H44FNO6/c1-18-8-25-24-5-4-22-12-23(37)6-7-30(22,3)33(24,34)26(38)16-29(25,2)27(39)32(18,17-36)41-28(40)35-31-13-19-9-20(14-31)11-21(10-19)15-31/h4,6-7,18-21,24-26,36,38H,5,8-17H2,1-3H3,(H,35,40)/t18-,19?,20?,21?,24?,25?,26-,29-,30-,31?,32+,33-/m0/s1. The van der Waals surface area contributed by atoms with Gasteiger partial charge in [0.15, 0.2) is 22.8 Å². The molecule has 0 aromatic rings. The van der Waals surface area contributed by atoms with Crippen molar-refractivity contribution in [3.63, 3.8) is 0 Å². The molecule has 0 aliphatic heterocycles. The van der Waals surface area contributed by atoms with Crippen LogP contribution in [-0.2, 0) is 14.3 Å². The predicted octanol–water partition coefficient (Wildman–Crippen LogP) is 4.60. The summed E-state index contributed by atoms with van der Waals surface area (Å²) in [5, 5.41) is 25.4. The minimum atomic E-state index is -2.05. The van der Waals surface area contributed by atoms with E-state index in [1.165, 1.54) is 25.3 Å². The van der Waals surface area contributed by atoms with Crippen molar-refractivity contribution >= 4 is 17.7 Å². The number of hydrogen-bond acceptors (Lipinski definition) is 6. The number of nitrogens with one attached hydrogen (secondary N) is 1. The predicted molar refractivity (Wildman–Crippen MR) is 148 cm³/mol. The summed E-state index contributed by atoms with van der Waals surface area (Å²) in [7, 11) is 0. The first-order valence-electron chi connectivity index (χ1n) is 15.7. The molecule has 224 valence electrons. The van der Waals surface area contributed by atoms with Crippen LogP contribution in [0.3, 0.4) is 0 Å². The van der Waals surface area contributed by atoms with E-state index in [4.69, 9.17) is 4.74 Å². The molecular weight excluding hydrogens is 525 g/mol. The van der Waals surface area contributed by atoms with Crippen molar-refractivity contribution in [2.75, 3.05) is 6.61 Å². The number of fused-ring (bicyclic) bond motifs is 5. The van der Waals surface area contributed by atoms with Crippen LogP contribution in [-0.4, -0.2) is 57.4 Å². The zero-order valence-electron chi connectivity index (χ0n) is 24.5. The number of aliphatic hydroxyl groups excluding tert-OH is 2. The van der Waals surface area contributed by atoms with Gasteiger partial charge in [-0.2, -0.15) is 0 Å². The van der Waals surface area contributed by atoms with Crippen LogP contribution < -0.4 is 5.32 Å². The quantitative estimate of drug-likeness (QED) is 0.429. The second-order valence-corrected chi connectivity index (χ2v) is 15.5. The number of alkyl halides is 1. The molecule has 6 saturated carbocycles. The number of halogens is 1. The molecule has 4 bridgehead atoms. The van der Waals surface area contributed by atoms with Crippen LogP contribution in [0.4, 0.5) is 9.18 Å². The smallest absolute Gasteiger partial charge is 0.408 e. The fourth-order valence-corrected chi connectivity index (χ4v) is 11.5. The molecule has 0 heterocycles. The fraction of sp³-hybridized carbons (Fsp3) is 0.788. The molecule has 6 fully saturated rings. The topological polar surface area (TPSA) is 113 Å². The maximum Gasteiger partial charge on any atom is 0.408 e. The molecule has 8 atom stereocenters. The largest absolute Gasteiger partial charge is 0.432 e. The van der Waals surface area contributed by atoms with Crippen LogP contribution in [0.15, 0.2) is 23.8 Å². The molecule has 8 rings (SSSR count). The lowest BCUT2D eigenvalue weighted by molar-refractivity contribution is -0.222. The number of Topliss-reactive ketones (excluding diaryl/α,β-unsaturated/α-hetero) is 1. The van der Waals surface area contributed by atoms with E-state index in [0.29, 0.717) is 36.2 Å². The van der Waals surface area contributed by atoms with Crippen LogP contribution in [0.25, 0.3) is 0 Å². The number of ether oxygens (including phenoxy) is 1. The van der Waals surface area contributed by atoms with E-state index in [1.54, 1.807) is 19.9 Å². The van der Waals surface area contributed by atoms with Gasteiger partial charge in [-0.1, -0.05) is 31.6 Å². The van der Waals surface area contributed by atoms with Gasteiger partial charge in [-0.3, -0.25) is 9.59 Å². The van der Waals surface area contributed by atoms with Crippen molar-refractivity contribution in [2.24, 2.45) is 46.3 Å². The summed E-state index contributed by atoms with van der Waals surface area (Å²) in [4.78, 5) is 40.2. The molecule has 8 aliphatic rings. The SMILES string of the molecule is C[C@H]1CC2C3CC=C4CC(=O)C=C[C@]4(C)[C@@]3(F)[C@@H](O)C[C@]2(C)C(=O)[C@]1(CO)OC(=O)NC12CC3CC(CC(C3)C1)C2. The maximum atomic E-state index is 17.4. The zero-order valence-corrected chi connectivity index (χ0v) is 24.5. The number of hydrogen-bond donors (Lipinski definition) is 3. The average molecular weight is 570 g/mol. The van der Waals surface area contributed by atoms with Gasteiger partial charge in [0.2, 0.25) is 0 Å². The average Bonchev–Trinajstić information content (AvgIpc) is 2.89. The zero-order chi connectivity index (χ0) is 29.2.